The summed E-state index contributed by atoms with van der Waals surface area (Å²) in [5.41, 5.74) is 8.09. The van der Waals surface area contributed by atoms with Crippen molar-refractivity contribution in [3.8, 4) is 6.01 Å². The Morgan fingerprint density at radius 1 is 0.887 bits per heavy atom. The Balaban J connectivity index is 1.06. The van der Waals surface area contributed by atoms with Crippen molar-refractivity contribution in [1.82, 2.24) is 19.8 Å². The van der Waals surface area contributed by atoms with Gasteiger partial charge in [0.25, 0.3) is 0 Å². The number of aryl methyl sites for hydroxylation is 1. The summed E-state index contributed by atoms with van der Waals surface area (Å²) >= 11 is 0. The lowest BCUT2D eigenvalue weighted by Crippen LogP contribution is -2.49. The van der Waals surface area contributed by atoms with E-state index in [0.717, 1.165) is 62.3 Å². The SMILES string of the molecule is Cc1ccc2c(c1N1CCc3c(nc(OCCN4CCCCC4)nc3N3CCN(C(=O)OCc4ccccc4)CC3)C1)C=NC2COCC[Si](C)(C)C. The van der Waals surface area contributed by atoms with E-state index < -0.39 is 8.07 Å². The van der Waals surface area contributed by atoms with E-state index in [1.807, 2.05) is 30.3 Å². The number of rotatable bonds is 13. The summed E-state index contributed by atoms with van der Waals surface area (Å²) in [4.78, 5) is 37.1. The van der Waals surface area contributed by atoms with Gasteiger partial charge in [0, 0.05) is 77.0 Å². The number of carbonyl (C=O) groups is 1. The van der Waals surface area contributed by atoms with Gasteiger partial charge >= 0.3 is 12.1 Å². The number of hydrogen-bond acceptors (Lipinski definition) is 10. The Labute approximate surface area is 316 Å². The van der Waals surface area contributed by atoms with Gasteiger partial charge in [-0.3, -0.25) is 9.89 Å². The van der Waals surface area contributed by atoms with E-state index in [1.54, 1.807) is 4.90 Å². The summed E-state index contributed by atoms with van der Waals surface area (Å²) in [6, 6.07) is 15.9. The molecule has 0 N–H and O–H groups in total. The summed E-state index contributed by atoms with van der Waals surface area (Å²) < 4.78 is 18.1. The predicted molar refractivity (Wildman–Crippen MR) is 213 cm³/mol. The van der Waals surface area contributed by atoms with Crippen LogP contribution in [-0.4, -0.2) is 112 Å². The zero-order valence-electron chi connectivity index (χ0n) is 32.2. The highest BCUT2D eigenvalue weighted by Gasteiger charge is 2.32. The first-order valence-electron chi connectivity index (χ1n) is 19.7. The molecular formula is C41H57N7O4Si. The molecule has 1 amide bonds. The van der Waals surface area contributed by atoms with Crippen LogP contribution in [-0.2, 0) is 29.0 Å². The van der Waals surface area contributed by atoms with Gasteiger partial charge in [0.15, 0.2) is 0 Å². The molecule has 0 aliphatic carbocycles. The minimum Gasteiger partial charge on any atom is -0.462 e. The van der Waals surface area contributed by atoms with E-state index >= 15 is 0 Å². The van der Waals surface area contributed by atoms with Crippen LogP contribution < -0.4 is 14.5 Å². The number of nitrogens with zero attached hydrogens (tertiary/aromatic N) is 7. The van der Waals surface area contributed by atoms with Gasteiger partial charge in [0.1, 0.15) is 19.0 Å². The highest BCUT2D eigenvalue weighted by Crippen LogP contribution is 2.39. The lowest BCUT2D eigenvalue weighted by molar-refractivity contribution is 0.0941. The van der Waals surface area contributed by atoms with Crippen LogP contribution in [0.3, 0.4) is 0 Å². The highest BCUT2D eigenvalue weighted by molar-refractivity contribution is 6.76. The number of hydrogen-bond donors (Lipinski definition) is 0. The van der Waals surface area contributed by atoms with E-state index in [1.165, 1.54) is 47.2 Å². The summed E-state index contributed by atoms with van der Waals surface area (Å²) in [6.07, 6.45) is 6.42. The van der Waals surface area contributed by atoms with Crippen molar-refractivity contribution in [3.63, 3.8) is 0 Å². The molecule has 4 aliphatic rings. The fourth-order valence-electron chi connectivity index (χ4n) is 7.80. The molecule has 1 atom stereocenters. The van der Waals surface area contributed by atoms with Gasteiger partial charge in [-0.15, -0.1) is 0 Å². The number of amides is 1. The normalized spacial score (nSPS) is 18.9. The molecule has 3 aromatic rings. The molecule has 0 bridgehead atoms. The minimum absolute atomic E-state index is 0.0335. The van der Waals surface area contributed by atoms with Crippen molar-refractivity contribution in [2.24, 2.45) is 4.99 Å². The summed E-state index contributed by atoms with van der Waals surface area (Å²) in [5.74, 6) is 0.937. The Bertz CT molecular complexity index is 1740. The van der Waals surface area contributed by atoms with Crippen molar-refractivity contribution in [3.05, 3.63) is 76.0 Å². The molecule has 2 saturated heterocycles. The number of piperidine rings is 1. The van der Waals surface area contributed by atoms with Crippen LogP contribution in [0, 0.1) is 6.92 Å². The van der Waals surface area contributed by atoms with Crippen molar-refractivity contribution in [1.29, 1.82) is 0 Å². The van der Waals surface area contributed by atoms with Crippen molar-refractivity contribution in [2.75, 3.05) is 82.0 Å². The molecule has 12 heteroatoms. The molecule has 1 aromatic heterocycles. The second-order valence-corrected chi connectivity index (χ2v) is 21.7. The molecular weight excluding hydrogens is 683 g/mol. The molecule has 284 valence electrons. The lowest BCUT2D eigenvalue weighted by atomic mass is 9.96. The van der Waals surface area contributed by atoms with Crippen molar-refractivity contribution in [2.45, 2.75) is 77.5 Å². The quantitative estimate of drug-likeness (QED) is 0.144. The third-order valence-corrected chi connectivity index (χ3v) is 12.6. The van der Waals surface area contributed by atoms with Gasteiger partial charge in [0.05, 0.1) is 24.9 Å². The Morgan fingerprint density at radius 3 is 2.45 bits per heavy atom. The monoisotopic (exact) mass is 739 g/mol. The number of ether oxygens (including phenoxy) is 3. The Morgan fingerprint density at radius 2 is 1.68 bits per heavy atom. The van der Waals surface area contributed by atoms with E-state index in [2.05, 4.69) is 59.6 Å². The van der Waals surface area contributed by atoms with Gasteiger partial charge < -0.3 is 28.9 Å². The minimum atomic E-state index is -1.15. The first kappa shape index (κ1) is 37.3. The standard InChI is InChI=1S/C41H57N7O4Si/c1-31-13-14-33-35(27-42-37(33)30-50-25-26-53(2,3)4)38(31)48-18-15-34-36(28-48)43-40(51-24-23-45-16-9-6-10-17-45)44-39(34)46-19-21-47(22-20-46)41(49)52-29-32-11-7-5-8-12-32/h5,7-8,11-14,27,37H,6,9-10,15-26,28-30H2,1-4H3. The average Bonchev–Trinajstić information content (AvgIpc) is 3.58. The van der Waals surface area contributed by atoms with Crippen LogP contribution in [0.2, 0.25) is 25.7 Å². The highest BCUT2D eigenvalue weighted by atomic mass is 28.3. The van der Waals surface area contributed by atoms with Crippen LogP contribution in [0.15, 0.2) is 47.5 Å². The number of anilines is 2. The van der Waals surface area contributed by atoms with Gasteiger partial charge in [-0.2, -0.15) is 9.97 Å². The predicted octanol–water partition coefficient (Wildman–Crippen LogP) is 6.50. The van der Waals surface area contributed by atoms with E-state index in [0.29, 0.717) is 51.9 Å². The van der Waals surface area contributed by atoms with Gasteiger partial charge in [-0.1, -0.05) is 68.5 Å². The number of aromatic nitrogens is 2. The lowest BCUT2D eigenvalue weighted by Gasteiger charge is -2.38. The maximum Gasteiger partial charge on any atom is 0.410 e. The molecule has 0 spiro atoms. The van der Waals surface area contributed by atoms with Crippen LogP contribution in [0.1, 0.15) is 58.8 Å². The number of piperazine rings is 1. The van der Waals surface area contributed by atoms with Crippen molar-refractivity contribution < 1.29 is 19.0 Å². The maximum absolute atomic E-state index is 13.0. The van der Waals surface area contributed by atoms with Crippen LogP contribution in [0.4, 0.5) is 16.3 Å². The number of benzene rings is 2. The Hall–Kier alpha value is -4.00. The fraction of sp³-hybridized carbons (Fsp3) is 0.561. The zero-order valence-corrected chi connectivity index (χ0v) is 33.2. The number of likely N-dealkylation sites (tertiary alicyclic amines) is 1. The second kappa shape index (κ2) is 17.0. The molecule has 53 heavy (non-hydrogen) atoms. The molecule has 0 radical (unpaired) electrons. The second-order valence-electron chi connectivity index (χ2n) is 16.1. The molecule has 7 rings (SSSR count). The van der Waals surface area contributed by atoms with Crippen molar-refractivity contribution >= 4 is 31.9 Å². The van der Waals surface area contributed by atoms with Crippen LogP contribution >= 0.6 is 0 Å². The zero-order chi connectivity index (χ0) is 36.8. The molecule has 2 aromatic carbocycles. The van der Waals surface area contributed by atoms with E-state index in [-0.39, 0.29) is 18.7 Å². The third kappa shape index (κ3) is 9.39. The molecule has 0 saturated carbocycles. The van der Waals surface area contributed by atoms with E-state index in [9.17, 15) is 4.79 Å². The molecule has 2 fully saturated rings. The topological polar surface area (TPSA) is 95.9 Å². The average molecular weight is 740 g/mol. The maximum atomic E-state index is 13.0. The molecule has 11 nitrogen and oxygen atoms in total. The Kier molecular flexibility index (Phi) is 12.0. The molecule has 4 aliphatic heterocycles. The number of fused-ring (bicyclic) bond motifs is 2. The first-order chi connectivity index (χ1) is 25.7. The number of aliphatic imine (C=N–C) groups is 1. The molecule has 1 unspecified atom stereocenters. The summed E-state index contributed by atoms with van der Waals surface area (Å²) in [5, 5.41) is 0. The first-order valence-corrected chi connectivity index (χ1v) is 23.4. The van der Waals surface area contributed by atoms with Gasteiger partial charge in [-0.25, -0.2) is 4.79 Å². The van der Waals surface area contributed by atoms with E-state index in [4.69, 9.17) is 29.2 Å². The fourth-order valence-corrected chi connectivity index (χ4v) is 8.55. The third-order valence-electron chi connectivity index (χ3n) is 10.9. The van der Waals surface area contributed by atoms with Crippen LogP contribution in [0.5, 0.6) is 6.01 Å². The molecule has 5 heterocycles. The largest absolute Gasteiger partial charge is 0.462 e. The van der Waals surface area contributed by atoms with Gasteiger partial charge in [0.2, 0.25) is 0 Å². The summed E-state index contributed by atoms with van der Waals surface area (Å²) in [6.45, 7) is 18.7. The van der Waals surface area contributed by atoms with Gasteiger partial charge in [-0.05, 0) is 62.0 Å². The smallest absolute Gasteiger partial charge is 0.410 e. The summed E-state index contributed by atoms with van der Waals surface area (Å²) in [7, 11) is -1.15. The van der Waals surface area contributed by atoms with Crippen LogP contribution in [0.25, 0.3) is 0 Å². The number of carbonyl (C=O) groups excluding carboxylic acids is 1.